The highest BCUT2D eigenvalue weighted by molar-refractivity contribution is 6.28. The number of benzene rings is 2. The number of halogens is 2. The van der Waals surface area contributed by atoms with Crippen LogP contribution in [0.4, 0.5) is 10.2 Å². The Labute approximate surface area is 208 Å². The molecular weight excluding hydrogens is 493 g/mol. The number of nitrogens with zero attached hydrogens (tertiary/aromatic N) is 4. The number of ether oxygens (including phenoxy) is 3. The van der Waals surface area contributed by atoms with E-state index in [9.17, 15) is 9.59 Å². The molecule has 4 atom stereocenters. The van der Waals surface area contributed by atoms with Gasteiger partial charge in [0.2, 0.25) is 5.28 Å². The first-order valence-electron chi connectivity index (χ1n) is 10.9. The minimum atomic E-state index is -1.87. The Hall–Kier alpha value is -4.09. The van der Waals surface area contributed by atoms with Crippen LogP contribution in [0.5, 0.6) is 0 Å². The third kappa shape index (κ3) is 4.58. The van der Waals surface area contributed by atoms with Gasteiger partial charge in [0.15, 0.2) is 30.0 Å². The molecule has 0 aliphatic carbocycles. The minimum absolute atomic E-state index is 0.0116. The van der Waals surface area contributed by atoms with Crippen LogP contribution in [-0.4, -0.2) is 56.4 Å². The van der Waals surface area contributed by atoms with Gasteiger partial charge in [-0.3, -0.25) is 4.57 Å². The van der Waals surface area contributed by atoms with E-state index in [1.165, 1.54) is 10.9 Å². The molecular formula is C24H19ClFN5O5. The van der Waals surface area contributed by atoms with E-state index in [0.717, 1.165) is 0 Å². The summed E-state index contributed by atoms with van der Waals surface area (Å²) >= 11 is 5.93. The number of rotatable bonds is 6. The van der Waals surface area contributed by atoms with Crippen molar-refractivity contribution in [3.8, 4) is 0 Å². The summed E-state index contributed by atoms with van der Waals surface area (Å²) in [5, 5.41) is -0.157. The fourth-order valence-corrected chi connectivity index (χ4v) is 4.04. The summed E-state index contributed by atoms with van der Waals surface area (Å²) in [6, 6.07) is 16.4. The number of nitrogen functional groups attached to an aromatic ring is 1. The van der Waals surface area contributed by atoms with Crippen molar-refractivity contribution in [3.63, 3.8) is 0 Å². The first-order chi connectivity index (χ1) is 17.4. The van der Waals surface area contributed by atoms with Crippen LogP contribution in [0, 0.1) is 0 Å². The van der Waals surface area contributed by atoms with E-state index in [4.69, 9.17) is 31.5 Å². The lowest BCUT2D eigenvalue weighted by atomic mass is 10.1. The largest absolute Gasteiger partial charge is 0.459 e. The maximum atomic E-state index is 15.8. The van der Waals surface area contributed by atoms with Crippen LogP contribution in [0.3, 0.4) is 0 Å². The Morgan fingerprint density at radius 1 is 1.03 bits per heavy atom. The number of esters is 2. The topological polar surface area (TPSA) is 131 Å². The summed E-state index contributed by atoms with van der Waals surface area (Å²) in [7, 11) is 0. The number of nitrogens with two attached hydrogens (primary N) is 1. The third-order valence-corrected chi connectivity index (χ3v) is 5.77. The zero-order valence-electron chi connectivity index (χ0n) is 18.5. The van der Waals surface area contributed by atoms with Gasteiger partial charge in [0.05, 0.1) is 17.5 Å². The molecule has 1 fully saturated rings. The second kappa shape index (κ2) is 9.88. The summed E-state index contributed by atoms with van der Waals surface area (Å²) in [5.74, 6) is -1.37. The maximum Gasteiger partial charge on any atom is 0.338 e. The lowest BCUT2D eigenvalue weighted by molar-refractivity contribution is -0.0570. The highest BCUT2D eigenvalue weighted by atomic mass is 35.5. The van der Waals surface area contributed by atoms with E-state index in [-0.39, 0.29) is 34.4 Å². The second-order valence-electron chi connectivity index (χ2n) is 7.91. The molecule has 0 amide bonds. The smallest absolute Gasteiger partial charge is 0.338 e. The van der Waals surface area contributed by atoms with E-state index in [2.05, 4.69) is 15.0 Å². The molecule has 5 rings (SSSR count). The standard InChI is InChI=1S/C24H19ClFN5O5/c25-24-29-19(27)17-20(30-24)31(12-28-17)21-16(26)18(36-23(33)14-9-5-2-6-10-14)15(35-21)11-34-22(32)13-7-3-1-4-8-13/h1-10,12,15-16,18,21H,11H2,(H2,27,29,30)/t15-,16+,18?,21-/m1/s1. The van der Waals surface area contributed by atoms with Crippen molar-refractivity contribution in [2.24, 2.45) is 0 Å². The van der Waals surface area contributed by atoms with Crippen molar-refractivity contribution in [3.05, 3.63) is 83.4 Å². The molecule has 0 spiro atoms. The van der Waals surface area contributed by atoms with Gasteiger partial charge < -0.3 is 19.9 Å². The molecule has 12 heteroatoms. The molecule has 2 aromatic heterocycles. The zero-order chi connectivity index (χ0) is 25.2. The fraction of sp³-hybridized carbons (Fsp3) is 0.208. The third-order valence-electron chi connectivity index (χ3n) is 5.60. The van der Waals surface area contributed by atoms with Gasteiger partial charge in [0.1, 0.15) is 18.2 Å². The predicted molar refractivity (Wildman–Crippen MR) is 126 cm³/mol. The van der Waals surface area contributed by atoms with Crippen LogP contribution in [0.25, 0.3) is 11.2 Å². The van der Waals surface area contributed by atoms with Gasteiger partial charge in [-0.05, 0) is 35.9 Å². The molecule has 1 unspecified atom stereocenters. The fourth-order valence-electron chi connectivity index (χ4n) is 3.87. The van der Waals surface area contributed by atoms with Crippen molar-refractivity contribution in [1.82, 2.24) is 19.5 Å². The molecule has 0 radical (unpaired) electrons. The summed E-state index contributed by atoms with van der Waals surface area (Å²) in [4.78, 5) is 37.2. The molecule has 1 saturated heterocycles. The number of fused-ring (bicyclic) bond motifs is 1. The van der Waals surface area contributed by atoms with Crippen molar-refractivity contribution in [1.29, 1.82) is 0 Å². The summed E-state index contributed by atoms with van der Waals surface area (Å²) in [6.07, 6.45) is -4.45. The van der Waals surface area contributed by atoms with Crippen molar-refractivity contribution >= 4 is 40.5 Å². The number of anilines is 1. The van der Waals surface area contributed by atoms with E-state index in [0.29, 0.717) is 5.56 Å². The number of carbonyl (C=O) groups excluding carboxylic acids is 2. The van der Waals surface area contributed by atoms with Crippen LogP contribution in [-0.2, 0) is 14.2 Å². The van der Waals surface area contributed by atoms with Crippen molar-refractivity contribution in [2.45, 2.75) is 24.6 Å². The van der Waals surface area contributed by atoms with Crippen LogP contribution < -0.4 is 5.73 Å². The average Bonchev–Trinajstić information content (AvgIpc) is 3.44. The van der Waals surface area contributed by atoms with E-state index in [1.54, 1.807) is 60.7 Å². The summed E-state index contributed by atoms with van der Waals surface area (Å²) in [5.41, 5.74) is 6.73. The molecule has 0 saturated carbocycles. The van der Waals surface area contributed by atoms with Crippen molar-refractivity contribution < 1.29 is 28.2 Å². The van der Waals surface area contributed by atoms with Gasteiger partial charge in [-0.15, -0.1) is 0 Å². The van der Waals surface area contributed by atoms with Gasteiger partial charge in [0.25, 0.3) is 0 Å². The first kappa shape index (κ1) is 23.6. The van der Waals surface area contributed by atoms with E-state index in [1.807, 2.05) is 0 Å². The molecule has 1 aliphatic heterocycles. The lowest BCUT2D eigenvalue weighted by Gasteiger charge is -2.19. The average molecular weight is 512 g/mol. The lowest BCUT2D eigenvalue weighted by Crippen LogP contribution is -2.37. The van der Waals surface area contributed by atoms with Crippen LogP contribution in [0.1, 0.15) is 26.9 Å². The van der Waals surface area contributed by atoms with Crippen molar-refractivity contribution in [2.75, 3.05) is 12.3 Å². The van der Waals surface area contributed by atoms with Gasteiger partial charge >= 0.3 is 11.9 Å². The predicted octanol–water partition coefficient (Wildman–Crippen LogP) is 3.38. The Morgan fingerprint density at radius 3 is 2.33 bits per heavy atom. The molecule has 184 valence electrons. The van der Waals surface area contributed by atoms with Gasteiger partial charge in [0, 0.05) is 0 Å². The first-order valence-corrected chi connectivity index (χ1v) is 11.2. The van der Waals surface area contributed by atoms with Crippen LogP contribution in [0.15, 0.2) is 67.0 Å². The maximum absolute atomic E-state index is 15.8. The van der Waals surface area contributed by atoms with E-state index < -0.39 is 36.5 Å². The molecule has 2 aromatic carbocycles. The number of hydrogen-bond donors (Lipinski definition) is 1. The number of aromatic nitrogens is 4. The highest BCUT2D eigenvalue weighted by Gasteiger charge is 2.50. The molecule has 36 heavy (non-hydrogen) atoms. The Morgan fingerprint density at radius 2 is 1.67 bits per heavy atom. The number of alkyl halides is 1. The SMILES string of the molecule is Nc1nc(Cl)nc2c1ncn2[C@@H]1O[C@H](COC(=O)c2ccccc2)C(OC(=O)c2ccccc2)[C@@H]1F. The molecule has 2 N–H and O–H groups in total. The van der Waals surface area contributed by atoms with E-state index >= 15 is 4.39 Å². The Kier molecular flexibility index (Phi) is 6.49. The quantitative estimate of drug-likeness (QED) is 0.305. The second-order valence-corrected chi connectivity index (χ2v) is 8.25. The van der Waals surface area contributed by atoms with Crippen LogP contribution in [0.2, 0.25) is 5.28 Å². The molecule has 0 bridgehead atoms. The normalized spacial score (nSPS) is 21.4. The monoisotopic (exact) mass is 511 g/mol. The number of hydrogen-bond acceptors (Lipinski definition) is 9. The Balaban J connectivity index is 1.42. The van der Waals surface area contributed by atoms with Gasteiger partial charge in [-0.2, -0.15) is 9.97 Å². The minimum Gasteiger partial charge on any atom is -0.459 e. The molecule has 1 aliphatic rings. The van der Waals surface area contributed by atoms with Crippen LogP contribution >= 0.6 is 11.6 Å². The molecule has 3 heterocycles. The van der Waals surface area contributed by atoms with Gasteiger partial charge in [-0.25, -0.2) is 19.0 Å². The highest BCUT2D eigenvalue weighted by Crippen LogP contribution is 2.36. The zero-order valence-corrected chi connectivity index (χ0v) is 19.3. The van der Waals surface area contributed by atoms with Gasteiger partial charge in [-0.1, -0.05) is 36.4 Å². The molecule has 10 nitrogen and oxygen atoms in total. The number of imidazole rings is 1. The summed E-state index contributed by atoms with van der Waals surface area (Å²) < 4.78 is 33.9. The Bertz CT molecular complexity index is 1400. The summed E-state index contributed by atoms with van der Waals surface area (Å²) in [6.45, 7) is -0.373. The number of carbonyl (C=O) groups is 2. The molecule has 4 aromatic rings.